The SMILES string of the molecule is CC(C)OC(=O)[C@@H](C)NP(=S)(OC[C@]1(C(F)F)O[C@H](n2ccc(=O)[nH]c2=O)[C@H](O)[C@H]1O)Oc1ccccc1. The summed E-state index contributed by atoms with van der Waals surface area (Å²) in [7, 11) is 0. The molecule has 38 heavy (non-hydrogen) atoms. The van der Waals surface area contributed by atoms with Crippen molar-refractivity contribution in [3.63, 3.8) is 0 Å². The number of esters is 1. The molecule has 12 nitrogen and oxygen atoms in total. The lowest BCUT2D eigenvalue weighted by molar-refractivity contribution is -0.192. The van der Waals surface area contributed by atoms with Crippen molar-refractivity contribution < 1.29 is 42.3 Å². The van der Waals surface area contributed by atoms with Crippen molar-refractivity contribution in [1.29, 1.82) is 0 Å². The molecule has 1 unspecified atom stereocenters. The number of aromatic nitrogens is 2. The standard InChI is InChI=1S/C22H28F2N3O9PS/c1-12(2)34-19(31)13(3)26-37(38,36-14-7-5-4-6-8-14)33-11-22(20(23)24)17(30)16(29)18(35-22)27-10-9-15(28)25-21(27)32/h4-10,12-13,16-18,20,29-30H,11H2,1-3H3,(H,26,38)(H,25,28,32)/t13-,16-,17-,18+,22+,37?/m1/s1. The van der Waals surface area contributed by atoms with Gasteiger partial charge in [0.15, 0.2) is 11.8 Å². The van der Waals surface area contributed by atoms with E-state index < -0.39 is 73.1 Å². The van der Waals surface area contributed by atoms with Crippen LogP contribution in [0.1, 0.15) is 27.0 Å². The molecule has 1 saturated heterocycles. The van der Waals surface area contributed by atoms with Crippen molar-refractivity contribution in [1.82, 2.24) is 14.6 Å². The first-order chi connectivity index (χ1) is 17.8. The Hall–Kier alpha value is -2.52. The van der Waals surface area contributed by atoms with Crippen molar-refractivity contribution >= 4 is 24.4 Å². The van der Waals surface area contributed by atoms with Crippen molar-refractivity contribution in [2.45, 2.75) is 63.4 Å². The number of nitrogens with one attached hydrogen (secondary N) is 2. The Balaban J connectivity index is 1.90. The third kappa shape index (κ3) is 6.72. The van der Waals surface area contributed by atoms with Crippen LogP contribution in [0.25, 0.3) is 0 Å². The number of carbonyl (C=O) groups excluding carboxylic acids is 1. The molecule has 2 heterocycles. The van der Waals surface area contributed by atoms with Crippen LogP contribution in [-0.4, -0.2) is 68.7 Å². The maximum atomic E-state index is 14.4. The smallest absolute Gasteiger partial charge is 0.330 e. The van der Waals surface area contributed by atoms with E-state index in [0.29, 0.717) is 4.57 Å². The van der Waals surface area contributed by atoms with Gasteiger partial charge in [-0.05, 0) is 44.7 Å². The number of aliphatic hydroxyl groups is 2. The van der Waals surface area contributed by atoms with Gasteiger partial charge in [0.2, 0.25) is 0 Å². The summed E-state index contributed by atoms with van der Waals surface area (Å²) in [5.74, 6) is -0.507. The number of H-pyrrole nitrogens is 1. The Bertz CT molecular complexity index is 1280. The molecule has 0 aliphatic carbocycles. The van der Waals surface area contributed by atoms with Gasteiger partial charge in [-0.3, -0.25) is 19.1 Å². The van der Waals surface area contributed by atoms with Crippen molar-refractivity contribution in [2.75, 3.05) is 6.61 Å². The average molecular weight is 580 g/mol. The molecule has 0 amide bonds. The van der Waals surface area contributed by atoms with E-state index in [1.807, 2.05) is 4.98 Å². The summed E-state index contributed by atoms with van der Waals surface area (Å²) < 4.78 is 51.4. The highest BCUT2D eigenvalue weighted by atomic mass is 32.5. The maximum Gasteiger partial charge on any atom is 0.330 e. The highest BCUT2D eigenvalue weighted by Gasteiger charge is 2.61. The zero-order valence-corrected chi connectivity index (χ0v) is 22.2. The zero-order chi connectivity index (χ0) is 28.3. The van der Waals surface area contributed by atoms with Crippen LogP contribution in [0.4, 0.5) is 8.78 Å². The molecular formula is C22H28F2N3O9PS. The molecule has 3 rings (SSSR count). The quantitative estimate of drug-likeness (QED) is 0.222. The minimum Gasteiger partial charge on any atom is -0.462 e. The van der Waals surface area contributed by atoms with Crippen molar-refractivity contribution in [3.8, 4) is 5.75 Å². The molecule has 1 aliphatic heterocycles. The second kappa shape index (κ2) is 12.1. The monoisotopic (exact) mass is 579 g/mol. The number of aromatic amines is 1. The average Bonchev–Trinajstić information content (AvgIpc) is 3.09. The van der Waals surface area contributed by atoms with Crippen LogP contribution in [0.2, 0.25) is 0 Å². The summed E-state index contributed by atoms with van der Waals surface area (Å²) in [6.45, 7) is -0.247. The Morgan fingerprint density at radius 2 is 1.89 bits per heavy atom. The summed E-state index contributed by atoms with van der Waals surface area (Å²) in [5, 5.41) is 23.8. The Labute approximate surface area is 220 Å². The lowest BCUT2D eigenvalue weighted by Crippen LogP contribution is -2.53. The van der Waals surface area contributed by atoms with E-state index >= 15 is 0 Å². The number of rotatable bonds is 11. The molecule has 4 N–H and O–H groups in total. The second-order valence-corrected chi connectivity index (χ2v) is 11.9. The van der Waals surface area contributed by atoms with Crippen LogP contribution >= 0.6 is 6.64 Å². The number of hydrogen-bond donors (Lipinski definition) is 4. The molecular weight excluding hydrogens is 551 g/mol. The largest absolute Gasteiger partial charge is 0.462 e. The predicted octanol–water partition coefficient (Wildman–Crippen LogP) is 1.04. The predicted molar refractivity (Wildman–Crippen MR) is 133 cm³/mol. The molecule has 0 radical (unpaired) electrons. The Morgan fingerprint density at radius 1 is 1.24 bits per heavy atom. The lowest BCUT2D eigenvalue weighted by Gasteiger charge is -2.34. The number of nitrogens with zero attached hydrogens (tertiary/aromatic N) is 1. The molecule has 1 aliphatic rings. The van der Waals surface area contributed by atoms with Crippen LogP contribution in [0.15, 0.2) is 52.2 Å². The summed E-state index contributed by atoms with van der Waals surface area (Å²) in [6.07, 6.45) is -9.03. The fourth-order valence-electron chi connectivity index (χ4n) is 3.54. The topological polar surface area (TPSA) is 161 Å². The molecule has 1 aromatic carbocycles. The number of alkyl halides is 2. The summed E-state index contributed by atoms with van der Waals surface area (Å²) >= 11 is 5.50. The molecule has 1 aromatic heterocycles. The van der Waals surface area contributed by atoms with Crippen LogP contribution in [-0.2, 0) is 30.6 Å². The fraction of sp³-hybridized carbons (Fsp3) is 0.500. The van der Waals surface area contributed by atoms with Gasteiger partial charge >= 0.3 is 18.3 Å². The highest BCUT2D eigenvalue weighted by molar-refractivity contribution is 8.09. The third-order valence-corrected chi connectivity index (χ3v) is 7.92. The number of benzene rings is 1. The van der Waals surface area contributed by atoms with E-state index in [2.05, 4.69) is 5.09 Å². The van der Waals surface area contributed by atoms with E-state index in [-0.39, 0.29) is 5.75 Å². The minimum absolute atomic E-state index is 0.199. The van der Waals surface area contributed by atoms with Crippen molar-refractivity contribution in [2.24, 2.45) is 0 Å². The minimum atomic E-state index is -3.82. The van der Waals surface area contributed by atoms with E-state index in [0.717, 1.165) is 12.3 Å². The van der Waals surface area contributed by atoms with Gasteiger partial charge in [0, 0.05) is 12.3 Å². The van der Waals surface area contributed by atoms with Crippen molar-refractivity contribution in [3.05, 3.63) is 63.4 Å². The first-order valence-electron chi connectivity index (χ1n) is 11.4. The van der Waals surface area contributed by atoms with E-state index in [4.69, 9.17) is 30.3 Å². The van der Waals surface area contributed by atoms with Crippen LogP contribution < -0.4 is 20.9 Å². The third-order valence-electron chi connectivity index (χ3n) is 5.44. The molecule has 210 valence electrons. The first-order valence-corrected chi connectivity index (χ1v) is 14.0. The van der Waals surface area contributed by atoms with E-state index in [1.165, 1.54) is 19.1 Å². The highest BCUT2D eigenvalue weighted by Crippen LogP contribution is 2.49. The molecule has 0 spiro atoms. The molecule has 16 heteroatoms. The van der Waals surface area contributed by atoms with Crippen LogP contribution in [0.3, 0.4) is 0 Å². The van der Waals surface area contributed by atoms with Gasteiger partial charge < -0.3 is 28.7 Å². The zero-order valence-electron chi connectivity index (χ0n) is 20.5. The molecule has 0 bridgehead atoms. The molecule has 6 atom stereocenters. The lowest BCUT2D eigenvalue weighted by atomic mass is 9.96. The Morgan fingerprint density at radius 3 is 2.47 bits per heavy atom. The van der Waals surface area contributed by atoms with E-state index in [1.54, 1.807) is 32.0 Å². The fourth-order valence-corrected chi connectivity index (χ4v) is 5.96. The van der Waals surface area contributed by atoms with Gasteiger partial charge in [0.25, 0.3) is 12.0 Å². The maximum absolute atomic E-state index is 14.4. The number of halogens is 2. The second-order valence-electron chi connectivity index (χ2n) is 8.73. The summed E-state index contributed by atoms with van der Waals surface area (Å²) in [5.41, 5.74) is -4.69. The number of carbonyl (C=O) groups is 1. The van der Waals surface area contributed by atoms with Gasteiger partial charge in [-0.25, -0.2) is 18.7 Å². The normalized spacial score (nSPS) is 25.8. The summed E-state index contributed by atoms with van der Waals surface area (Å²) in [4.78, 5) is 37.8. The number of aliphatic hydroxyl groups excluding tert-OH is 2. The molecule has 0 saturated carbocycles. The Kier molecular flexibility index (Phi) is 9.57. The number of para-hydroxylation sites is 1. The van der Waals surface area contributed by atoms with Gasteiger partial charge in [-0.2, -0.15) is 0 Å². The van der Waals surface area contributed by atoms with E-state index in [9.17, 15) is 33.4 Å². The van der Waals surface area contributed by atoms with Gasteiger partial charge in [0.05, 0.1) is 12.7 Å². The molecule has 1 fully saturated rings. The number of ether oxygens (including phenoxy) is 2. The van der Waals surface area contributed by atoms with Gasteiger partial charge in [-0.1, -0.05) is 18.2 Å². The van der Waals surface area contributed by atoms with Crippen LogP contribution in [0, 0.1) is 0 Å². The number of hydrogen-bond acceptors (Lipinski definition) is 10. The first kappa shape index (κ1) is 30.0. The molecule has 2 aromatic rings. The van der Waals surface area contributed by atoms with Gasteiger partial charge in [0.1, 0.15) is 24.0 Å². The van der Waals surface area contributed by atoms with Crippen LogP contribution in [0.5, 0.6) is 5.75 Å². The van der Waals surface area contributed by atoms with Gasteiger partial charge in [-0.15, -0.1) is 0 Å². The summed E-state index contributed by atoms with van der Waals surface area (Å²) in [6, 6.07) is 7.82.